The molecule has 3 aromatic rings. The summed E-state index contributed by atoms with van der Waals surface area (Å²) in [6.45, 7) is 0. The highest BCUT2D eigenvalue weighted by Crippen LogP contribution is 2.34. The number of nitrogens with zero attached hydrogens (tertiary/aromatic N) is 2. The van der Waals surface area contributed by atoms with E-state index in [1.54, 1.807) is 9.69 Å². The van der Waals surface area contributed by atoms with Gasteiger partial charge in [-0.1, -0.05) is 48.5 Å². The fourth-order valence-corrected chi connectivity index (χ4v) is 2.73. The summed E-state index contributed by atoms with van der Waals surface area (Å²) >= 11 is 0. The first-order valence-electron chi connectivity index (χ1n) is 6.71. The van der Waals surface area contributed by atoms with Gasteiger partial charge in [-0.15, -0.1) is 0 Å². The number of hydrogen-bond donors (Lipinski definition) is 1. The van der Waals surface area contributed by atoms with Crippen molar-refractivity contribution in [3.8, 4) is 11.1 Å². The van der Waals surface area contributed by atoms with E-state index >= 15 is 0 Å². The Balaban J connectivity index is 2.48. The molecule has 2 aromatic carbocycles. The number of aromatic nitrogens is 1. The number of rotatable bonds is 3. The molecular formula is C17H16N2O2. The quantitative estimate of drug-likeness (QED) is 0.801. The standard InChI is InChI=1S/C17H16N2O2/c1-18(2)19-14-11-7-6-10-13(14)15(16(19)17(20)21)12-8-4-3-5-9-12/h3-11H,1-2H3,(H,20,21). The van der Waals surface area contributed by atoms with Gasteiger partial charge in [-0.2, -0.15) is 0 Å². The first-order chi connectivity index (χ1) is 10.1. The molecule has 3 rings (SSSR count). The average Bonchev–Trinajstić information content (AvgIpc) is 2.83. The largest absolute Gasteiger partial charge is 0.476 e. The number of fused-ring (bicyclic) bond motifs is 1. The van der Waals surface area contributed by atoms with E-state index in [2.05, 4.69) is 0 Å². The minimum atomic E-state index is -0.932. The van der Waals surface area contributed by atoms with Gasteiger partial charge in [-0.25, -0.2) is 4.79 Å². The van der Waals surface area contributed by atoms with Gasteiger partial charge < -0.3 is 10.1 Å². The molecule has 0 amide bonds. The van der Waals surface area contributed by atoms with Crippen LogP contribution in [0.4, 0.5) is 0 Å². The van der Waals surface area contributed by atoms with Crippen LogP contribution in [0.25, 0.3) is 22.0 Å². The molecule has 0 radical (unpaired) electrons. The van der Waals surface area contributed by atoms with Gasteiger partial charge in [0.25, 0.3) is 0 Å². The SMILES string of the molecule is CN(C)n1c(C(=O)O)c(-c2ccccc2)c2ccccc21. The maximum Gasteiger partial charge on any atom is 0.355 e. The van der Waals surface area contributed by atoms with Crippen LogP contribution in [-0.4, -0.2) is 29.8 Å². The Labute approximate surface area is 122 Å². The number of carbonyl (C=O) groups is 1. The third kappa shape index (κ3) is 2.05. The Morgan fingerprint density at radius 2 is 1.62 bits per heavy atom. The van der Waals surface area contributed by atoms with E-state index in [0.717, 1.165) is 22.0 Å². The molecule has 0 aliphatic carbocycles. The smallest absolute Gasteiger partial charge is 0.355 e. The minimum absolute atomic E-state index is 0.285. The molecule has 0 fully saturated rings. The predicted molar refractivity (Wildman–Crippen MR) is 84.4 cm³/mol. The summed E-state index contributed by atoms with van der Waals surface area (Å²) in [5.74, 6) is -0.932. The van der Waals surface area contributed by atoms with Crippen molar-refractivity contribution in [1.29, 1.82) is 0 Å². The van der Waals surface area contributed by atoms with Crippen molar-refractivity contribution in [2.75, 3.05) is 19.1 Å². The van der Waals surface area contributed by atoms with Crippen LogP contribution < -0.4 is 5.01 Å². The number of carboxylic acids is 1. The maximum absolute atomic E-state index is 11.8. The van der Waals surface area contributed by atoms with Crippen molar-refractivity contribution in [2.24, 2.45) is 0 Å². The van der Waals surface area contributed by atoms with Crippen molar-refractivity contribution in [1.82, 2.24) is 4.68 Å². The van der Waals surface area contributed by atoms with Crippen molar-refractivity contribution < 1.29 is 9.90 Å². The molecule has 0 bridgehead atoms. The molecule has 4 heteroatoms. The Bertz CT molecular complexity index is 804. The van der Waals surface area contributed by atoms with Crippen LogP contribution in [0.5, 0.6) is 0 Å². The normalized spacial score (nSPS) is 10.8. The van der Waals surface area contributed by atoms with Gasteiger partial charge in [0, 0.05) is 25.0 Å². The summed E-state index contributed by atoms with van der Waals surface area (Å²) in [6, 6.07) is 17.4. The molecule has 1 aromatic heterocycles. The monoisotopic (exact) mass is 280 g/mol. The summed E-state index contributed by atoms with van der Waals surface area (Å²) in [4.78, 5) is 11.8. The summed E-state index contributed by atoms with van der Waals surface area (Å²) < 4.78 is 1.74. The molecule has 0 saturated heterocycles. The Hall–Kier alpha value is -2.75. The molecule has 0 unspecified atom stereocenters. The molecule has 1 N–H and O–H groups in total. The second-order valence-electron chi connectivity index (χ2n) is 5.07. The zero-order valence-corrected chi connectivity index (χ0v) is 11.9. The highest BCUT2D eigenvalue weighted by atomic mass is 16.4. The van der Waals surface area contributed by atoms with Crippen molar-refractivity contribution in [3.05, 3.63) is 60.3 Å². The minimum Gasteiger partial charge on any atom is -0.476 e. The number of aromatic carboxylic acids is 1. The van der Waals surface area contributed by atoms with Crippen molar-refractivity contribution >= 4 is 16.9 Å². The molecule has 1 heterocycles. The van der Waals surface area contributed by atoms with E-state index < -0.39 is 5.97 Å². The average molecular weight is 280 g/mol. The molecule has 106 valence electrons. The topological polar surface area (TPSA) is 45.5 Å². The van der Waals surface area contributed by atoms with Crippen LogP contribution in [-0.2, 0) is 0 Å². The van der Waals surface area contributed by atoms with Gasteiger partial charge in [-0.3, -0.25) is 4.68 Å². The molecule has 0 saturated carbocycles. The third-order valence-electron chi connectivity index (χ3n) is 3.52. The molecule has 0 atom stereocenters. The fraction of sp³-hybridized carbons (Fsp3) is 0.118. The number of hydrogen-bond acceptors (Lipinski definition) is 2. The molecule has 4 nitrogen and oxygen atoms in total. The van der Waals surface area contributed by atoms with E-state index in [0.29, 0.717) is 0 Å². The third-order valence-corrected chi connectivity index (χ3v) is 3.52. The maximum atomic E-state index is 11.8. The second kappa shape index (κ2) is 4.98. The second-order valence-corrected chi connectivity index (χ2v) is 5.07. The summed E-state index contributed by atoms with van der Waals surface area (Å²) in [5.41, 5.74) is 2.84. The highest BCUT2D eigenvalue weighted by molar-refractivity contribution is 6.08. The number of benzene rings is 2. The molecule has 21 heavy (non-hydrogen) atoms. The Morgan fingerprint density at radius 1 is 1.00 bits per heavy atom. The lowest BCUT2D eigenvalue weighted by molar-refractivity contribution is 0.0686. The van der Waals surface area contributed by atoms with Crippen molar-refractivity contribution in [2.45, 2.75) is 0 Å². The summed E-state index contributed by atoms with van der Waals surface area (Å²) in [7, 11) is 3.68. The molecular weight excluding hydrogens is 264 g/mol. The Morgan fingerprint density at radius 3 is 2.24 bits per heavy atom. The van der Waals surface area contributed by atoms with Crippen LogP contribution in [0.1, 0.15) is 10.5 Å². The number of para-hydroxylation sites is 1. The first kappa shape index (κ1) is 13.2. The fourth-order valence-electron chi connectivity index (χ4n) is 2.73. The van der Waals surface area contributed by atoms with Crippen LogP contribution in [0.3, 0.4) is 0 Å². The van der Waals surface area contributed by atoms with Gasteiger partial charge in [0.1, 0.15) is 0 Å². The van der Waals surface area contributed by atoms with E-state index in [-0.39, 0.29) is 5.69 Å². The van der Waals surface area contributed by atoms with E-state index in [4.69, 9.17) is 0 Å². The molecule has 0 aliphatic rings. The van der Waals surface area contributed by atoms with E-state index in [1.807, 2.05) is 68.7 Å². The van der Waals surface area contributed by atoms with Gasteiger partial charge in [0.2, 0.25) is 0 Å². The van der Waals surface area contributed by atoms with E-state index in [1.165, 1.54) is 0 Å². The molecule has 0 spiro atoms. The van der Waals surface area contributed by atoms with Gasteiger partial charge in [-0.05, 0) is 11.6 Å². The van der Waals surface area contributed by atoms with Crippen LogP contribution in [0.15, 0.2) is 54.6 Å². The van der Waals surface area contributed by atoms with Gasteiger partial charge >= 0.3 is 5.97 Å². The lowest BCUT2D eigenvalue weighted by Crippen LogP contribution is -2.28. The van der Waals surface area contributed by atoms with Crippen LogP contribution in [0, 0.1) is 0 Å². The van der Waals surface area contributed by atoms with Gasteiger partial charge in [0.15, 0.2) is 5.69 Å². The van der Waals surface area contributed by atoms with Crippen LogP contribution >= 0.6 is 0 Å². The van der Waals surface area contributed by atoms with Crippen molar-refractivity contribution in [3.63, 3.8) is 0 Å². The summed E-state index contributed by atoms with van der Waals surface area (Å²) in [5, 5.41) is 12.4. The first-order valence-corrected chi connectivity index (χ1v) is 6.71. The van der Waals surface area contributed by atoms with Gasteiger partial charge in [0.05, 0.1) is 5.52 Å². The zero-order chi connectivity index (χ0) is 15.0. The molecule has 0 aliphatic heterocycles. The highest BCUT2D eigenvalue weighted by Gasteiger charge is 2.24. The lowest BCUT2D eigenvalue weighted by atomic mass is 10.0. The summed E-state index contributed by atoms with van der Waals surface area (Å²) in [6.07, 6.45) is 0. The zero-order valence-electron chi connectivity index (χ0n) is 11.9. The lowest BCUT2D eigenvalue weighted by Gasteiger charge is -2.18. The number of carboxylic acid groups (broad SMARTS) is 1. The van der Waals surface area contributed by atoms with E-state index in [9.17, 15) is 9.90 Å². The van der Waals surface area contributed by atoms with Crippen LogP contribution in [0.2, 0.25) is 0 Å². The predicted octanol–water partition coefficient (Wildman–Crippen LogP) is 3.20. The Kier molecular flexibility index (Phi) is 3.14.